The number of carbonyl (C=O) groups is 1. The van der Waals surface area contributed by atoms with Gasteiger partial charge in [0.2, 0.25) is 15.9 Å². The van der Waals surface area contributed by atoms with E-state index in [0.717, 1.165) is 35.0 Å². The molecule has 0 bridgehead atoms. The Morgan fingerprint density at radius 3 is 2.54 bits per heavy atom. The van der Waals surface area contributed by atoms with Crippen molar-refractivity contribution in [2.45, 2.75) is 38.6 Å². The van der Waals surface area contributed by atoms with E-state index in [0.29, 0.717) is 0 Å². The largest absolute Gasteiger partial charge is 0.348 e. The van der Waals surface area contributed by atoms with Crippen molar-refractivity contribution >= 4 is 21.6 Å². The molecule has 0 saturated heterocycles. The Bertz CT molecular complexity index is 975. The van der Waals surface area contributed by atoms with Gasteiger partial charge in [0.1, 0.15) is 12.4 Å². The van der Waals surface area contributed by atoms with E-state index in [1.165, 1.54) is 42.2 Å². The third kappa shape index (κ3) is 4.90. The fourth-order valence-corrected chi connectivity index (χ4v) is 4.40. The smallest absolute Gasteiger partial charge is 0.241 e. The zero-order valence-electron chi connectivity index (χ0n) is 16.1. The molecule has 0 aromatic heterocycles. The van der Waals surface area contributed by atoms with E-state index in [-0.39, 0.29) is 11.7 Å². The minimum absolute atomic E-state index is 0.124. The van der Waals surface area contributed by atoms with Crippen LogP contribution in [0.2, 0.25) is 0 Å². The Labute approximate surface area is 165 Å². The van der Waals surface area contributed by atoms with E-state index in [2.05, 4.69) is 17.4 Å². The molecule has 5 nitrogen and oxygen atoms in total. The minimum atomic E-state index is -3.74. The van der Waals surface area contributed by atoms with Crippen molar-refractivity contribution in [3.8, 4) is 0 Å². The number of halogens is 1. The molecule has 1 N–H and O–H groups in total. The maximum Gasteiger partial charge on any atom is 0.241 e. The predicted molar refractivity (Wildman–Crippen MR) is 108 cm³/mol. The van der Waals surface area contributed by atoms with Crippen molar-refractivity contribution in [2.24, 2.45) is 0 Å². The molecule has 0 spiro atoms. The first kappa shape index (κ1) is 20.3. The summed E-state index contributed by atoms with van der Waals surface area (Å²) in [5.41, 5.74) is 3.80. The molecule has 1 atom stereocenters. The number of hydrogen-bond donors (Lipinski definition) is 1. The van der Waals surface area contributed by atoms with Crippen LogP contribution in [0.15, 0.2) is 42.5 Å². The lowest BCUT2D eigenvalue weighted by atomic mass is 9.89. The summed E-state index contributed by atoms with van der Waals surface area (Å²) in [7, 11) is -3.74. The highest BCUT2D eigenvalue weighted by Gasteiger charge is 2.22. The molecule has 0 aliphatic heterocycles. The van der Waals surface area contributed by atoms with Crippen molar-refractivity contribution in [1.82, 2.24) is 5.32 Å². The van der Waals surface area contributed by atoms with Gasteiger partial charge in [0.15, 0.2) is 0 Å². The van der Waals surface area contributed by atoms with Crippen LogP contribution < -0.4 is 9.62 Å². The lowest BCUT2D eigenvalue weighted by Crippen LogP contribution is -2.41. The first-order valence-corrected chi connectivity index (χ1v) is 11.2. The molecule has 1 aliphatic rings. The third-order valence-electron chi connectivity index (χ3n) is 5.03. The van der Waals surface area contributed by atoms with Gasteiger partial charge >= 0.3 is 0 Å². The molecular formula is C21H25FN2O3S. The number of sulfonamides is 1. The summed E-state index contributed by atoms with van der Waals surface area (Å²) in [6, 6.07) is 11.2. The molecular weight excluding hydrogens is 379 g/mol. The summed E-state index contributed by atoms with van der Waals surface area (Å²) < 4.78 is 38.6. The van der Waals surface area contributed by atoms with Gasteiger partial charge in [-0.2, -0.15) is 0 Å². The van der Waals surface area contributed by atoms with Gasteiger partial charge < -0.3 is 5.32 Å². The molecule has 0 saturated carbocycles. The SMILES string of the molecule is C[C@@H](NC(=O)CN(c1cccc(F)c1)S(C)(=O)=O)c1ccc2c(c1)CCCC2. The molecule has 2 aromatic carbocycles. The first-order valence-electron chi connectivity index (χ1n) is 9.38. The van der Waals surface area contributed by atoms with E-state index in [4.69, 9.17) is 0 Å². The molecule has 1 amide bonds. The zero-order chi connectivity index (χ0) is 20.3. The molecule has 1 aliphatic carbocycles. The van der Waals surface area contributed by atoms with Gasteiger partial charge in [-0.3, -0.25) is 9.10 Å². The number of benzene rings is 2. The molecule has 0 unspecified atom stereocenters. The Hall–Kier alpha value is -2.41. The van der Waals surface area contributed by atoms with Crippen LogP contribution in [0.3, 0.4) is 0 Å². The molecule has 0 radical (unpaired) electrons. The van der Waals surface area contributed by atoms with Crippen LogP contribution in [-0.4, -0.2) is 27.1 Å². The lowest BCUT2D eigenvalue weighted by molar-refractivity contribution is -0.120. The highest BCUT2D eigenvalue weighted by atomic mass is 32.2. The van der Waals surface area contributed by atoms with E-state index < -0.39 is 28.3 Å². The van der Waals surface area contributed by atoms with Crippen LogP contribution in [0.25, 0.3) is 0 Å². The van der Waals surface area contributed by atoms with E-state index in [1.54, 1.807) is 0 Å². The standard InChI is InChI=1S/C21H25FN2O3S/c1-15(17-11-10-16-6-3-4-7-18(16)12-17)23-21(25)14-24(28(2,26)27)20-9-5-8-19(22)13-20/h5,8-13,15H,3-4,6-7,14H2,1-2H3,(H,23,25)/t15-/m1/s1. The highest BCUT2D eigenvalue weighted by molar-refractivity contribution is 7.92. The Morgan fingerprint density at radius 2 is 1.86 bits per heavy atom. The van der Waals surface area contributed by atoms with Crippen molar-refractivity contribution in [3.05, 3.63) is 65.0 Å². The normalized spacial score (nSPS) is 14.8. The molecule has 2 aromatic rings. The zero-order valence-corrected chi connectivity index (χ0v) is 16.9. The number of nitrogens with one attached hydrogen (secondary N) is 1. The predicted octanol–water partition coefficient (Wildman–Crippen LogP) is 3.35. The Balaban J connectivity index is 1.72. The number of nitrogens with zero attached hydrogens (tertiary/aromatic N) is 1. The Kier molecular flexibility index (Phi) is 6.03. The van der Waals surface area contributed by atoms with Crippen LogP contribution in [0.1, 0.15) is 42.5 Å². The number of anilines is 1. The lowest BCUT2D eigenvalue weighted by Gasteiger charge is -2.24. The van der Waals surface area contributed by atoms with Gasteiger partial charge in [-0.1, -0.05) is 24.3 Å². The fourth-order valence-electron chi connectivity index (χ4n) is 3.55. The fraction of sp³-hybridized carbons (Fsp3) is 0.381. The maximum absolute atomic E-state index is 13.5. The molecule has 7 heteroatoms. The second-order valence-electron chi connectivity index (χ2n) is 7.27. The number of fused-ring (bicyclic) bond motifs is 1. The van der Waals surface area contributed by atoms with Crippen molar-refractivity contribution < 1.29 is 17.6 Å². The summed E-state index contributed by atoms with van der Waals surface area (Å²) in [5, 5.41) is 2.85. The van der Waals surface area contributed by atoms with Crippen LogP contribution in [0, 0.1) is 5.82 Å². The summed E-state index contributed by atoms with van der Waals surface area (Å²) >= 11 is 0. The molecule has 150 valence electrons. The van der Waals surface area contributed by atoms with Gasteiger partial charge in [-0.25, -0.2) is 12.8 Å². The molecule has 3 rings (SSSR count). The molecule has 0 heterocycles. The Morgan fingerprint density at radius 1 is 1.14 bits per heavy atom. The second-order valence-corrected chi connectivity index (χ2v) is 9.18. The number of aryl methyl sites for hydroxylation is 2. The van der Waals surface area contributed by atoms with Crippen LogP contribution in [-0.2, 0) is 27.7 Å². The van der Waals surface area contributed by atoms with E-state index in [9.17, 15) is 17.6 Å². The number of hydrogen-bond acceptors (Lipinski definition) is 3. The summed E-state index contributed by atoms with van der Waals surface area (Å²) in [5.74, 6) is -1.01. The van der Waals surface area contributed by atoms with Gasteiger partial charge in [-0.15, -0.1) is 0 Å². The van der Waals surface area contributed by atoms with Gasteiger partial charge in [0.25, 0.3) is 0 Å². The van der Waals surface area contributed by atoms with E-state index >= 15 is 0 Å². The summed E-state index contributed by atoms with van der Waals surface area (Å²) in [6.45, 7) is 1.47. The van der Waals surface area contributed by atoms with Crippen LogP contribution >= 0.6 is 0 Å². The molecule has 28 heavy (non-hydrogen) atoms. The maximum atomic E-state index is 13.5. The van der Waals surface area contributed by atoms with Gasteiger partial charge in [-0.05, 0) is 67.5 Å². The van der Waals surface area contributed by atoms with Gasteiger partial charge in [0.05, 0.1) is 18.0 Å². The average Bonchev–Trinajstić information content (AvgIpc) is 2.64. The summed E-state index contributed by atoms with van der Waals surface area (Å²) in [4.78, 5) is 12.5. The minimum Gasteiger partial charge on any atom is -0.348 e. The van der Waals surface area contributed by atoms with Crippen LogP contribution in [0.5, 0.6) is 0 Å². The summed E-state index contributed by atoms with van der Waals surface area (Å²) in [6.07, 6.45) is 5.52. The van der Waals surface area contributed by atoms with Crippen molar-refractivity contribution in [3.63, 3.8) is 0 Å². The number of carbonyl (C=O) groups excluding carboxylic acids is 1. The quantitative estimate of drug-likeness (QED) is 0.803. The third-order valence-corrected chi connectivity index (χ3v) is 6.17. The van der Waals surface area contributed by atoms with E-state index in [1.807, 2.05) is 13.0 Å². The second kappa shape index (κ2) is 8.31. The number of rotatable bonds is 6. The van der Waals surface area contributed by atoms with Gasteiger partial charge in [0, 0.05) is 0 Å². The van der Waals surface area contributed by atoms with Crippen molar-refractivity contribution in [1.29, 1.82) is 0 Å². The highest BCUT2D eigenvalue weighted by Crippen LogP contribution is 2.25. The van der Waals surface area contributed by atoms with Crippen molar-refractivity contribution in [2.75, 3.05) is 17.1 Å². The van der Waals surface area contributed by atoms with Crippen LogP contribution in [0.4, 0.5) is 10.1 Å². The average molecular weight is 405 g/mol. The number of amides is 1. The monoisotopic (exact) mass is 404 g/mol. The first-order chi connectivity index (χ1) is 13.2. The molecule has 0 fully saturated rings. The topological polar surface area (TPSA) is 66.5 Å².